The molecular formula is C14H24N2O2S. The van der Waals surface area contributed by atoms with Gasteiger partial charge in [0.1, 0.15) is 0 Å². The fraction of sp³-hybridized carbons (Fsp3) is 0.571. The monoisotopic (exact) mass is 284 g/mol. The standard InChI is InChI=1S/C14H24N2O2S/c1-5-6-10-16(4)19(17,18)14-9-7-8-13(11-15-3)12(14)2/h7-9,15H,5-6,10-11H2,1-4H3. The lowest BCUT2D eigenvalue weighted by Gasteiger charge is -2.19. The average Bonchev–Trinajstić information content (AvgIpc) is 2.38. The van der Waals surface area contributed by atoms with Gasteiger partial charge in [0, 0.05) is 20.1 Å². The first-order valence-electron chi connectivity index (χ1n) is 6.64. The Labute approximate surface area is 116 Å². The highest BCUT2D eigenvalue weighted by molar-refractivity contribution is 7.89. The Hall–Kier alpha value is -0.910. The summed E-state index contributed by atoms with van der Waals surface area (Å²) in [6.45, 7) is 5.16. The molecule has 1 N–H and O–H groups in total. The molecular weight excluding hydrogens is 260 g/mol. The molecule has 0 aliphatic rings. The molecule has 0 bridgehead atoms. The van der Waals surface area contributed by atoms with Crippen LogP contribution in [0.25, 0.3) is 0 Å². The van der Waals surface area contributed by atoms with Crippen LogP contribution in [0.2, 0.25) is 0 Å². The summed E-state index contributed by atoms with van der Waals surface area (Å²) in [4.78, 5) is 0.416. The molecule has 5 heteroatoms. The molecule has 1 aromatic carbocycles. The van der Waals surface area contributed by atoms with Crippen LogP contribution in [0.3, 0.4) is 0 Å². The summed E-state index contributed by atoms with van der Waals surface area (Å²) in [5, 5.41) is 3.06. The number of sulfonamides is 1. The second-order valence-corrected chi connectivity index (χ2v) is 6.76. The molecule has 0 unspecified atom stereocenters. The first-order valence-corrected chi connectivity index (χ1v) is 8.08. The van der Waals surface area contributed by atoms with E-state index in [0.29, 0.717) is 18.0 Å². The van der Waals surface area contributed by atoms with Crippen LogP contribution < -0.4 is 5.32 Å². The van der Waals surface area contributed by atoms with Crippen molar-refractivity contribution in [1.29, 1.82) is 0 Å². The Morgan fingerprint density at radius 2 is 2.00 bits per heavy atom. The smallest absolute Gasteiger partial charge is 0.243 e. The molecule has 0 fully saturated rings. The molecule has 0 aliphatic heterocycles. The van der Waals surface area contributed by atoms with Crippen LogP contribution in [0.15, 0.2) is 23.1 Å². The van der Waals surface area contributed by atoms with E-state index >= 15 is 0 Å². The minimum atomic E-state index is -3.38. The quantitative estimate of drug-likeness (QED) is 0.834. The van der Waals surface area contributed by atoms with Crippen LogP contribution in [-0.2, 0) is 16.6 Å². The molecule has 0 saturated carbocycles. The van der Waals surface area contributed by atoms with Gasteiger partial charge in [0.25, 0.3) is 0 Å². The molecule has 0 radical (unpaired) electrons. The van der Waals surface area contributed by atoms with Gasteiger partial charge < -0.3 is 5.32 Å². The molecule has 1 aromatic rings. The van der Waals surface area contributed by atoms with E-state index < -0.39 is 10.0 Å². The van der Waals surface area contributed by atoms with Gasteiger partial charge in [0.15, 0.2) is 0 Å². The Morgan fingerprint density at radius 1 is 1.32 bits per heavy atom. The van der Waals surface area contributed by atoms with E-state index in [9.17, 15) is 8.42 Å². The molecule has 0 spiro atoms. The normalized spacial score (nSPS) is 12.1. The zero-order chi connectivity index (χ0) is 14.5. The average molecular weight is 284 g/mol. The lowest BCUT2D eigenvalue weighted by Crippen LogP contribution is -2.28. The topological polar surface area (TPSA) is 49.4 Å². The molecule has 0 aromatic heterocycles. The van der Waals surface area contributed by atoms with Gasteiger partial charge in [-0.15, -0.1) is 0 Å². The van der Waals surface area contributed by atoms with Crippen LogP contribution in [0.1, 0.15) is 30.9 Å². The minimum absolute atomic E-state index is 0.416. The zero-order valence-corrected chi connectivity index (χ0v) is 13.0. The Kier molecular flexibility index (Phi) is 5.97. The highest BCUT2D eigenvalue weighted by Crippen LogP contribution is 2.22. The molecule has 0 atom stereocenters. The third-order valence-corrected chi connectivity index (χ3v) is 5.28. The van der Waals surface area contributed by atoms with E-state index in [0.717, 1.165) is 24.0 Å². The van der Waals surface area contributed by atoms with E-state index in [1.807, 2.05) is 20.0 Å². The van der Waals surface area contributed by atoms with Gasteiger partial charge in [-0.2, -0.15) is 0 Å². The van der Waals surface area contributed by atoms with Crippen molar-refractivity contribution < 1.29 is 8.42 Å². The molecule has 108 valence electrons. The van der Waals surface area contributed by atoms with Gasteiger partial charge >= 0.3 is 0 Å². The van der Waals surface area contributed by atoms with Gasteiger partial charge in [-0.1, -0.05) is 25.5 Å². The molecule has 0 heterocycles. The first kappa shape index (κ1) is 16.1. The van der Waals surface area contributed by atoms with E-state index in [1.165, 1.54) is 4.31 Å². The number of unbranched alkanes of at least 4 members (excludes halogenated alkanes) is 1. The Morgan fingerprint density at radius 3 is 2.58 bits per heavy atom. The van der Waals surface area contributed by atoms with Gasteiger partial charge in [-0.25, -0.2) is 12.7 Å². The van der Waals surface area contributed by atoms with Crippen molar-refractivity contribution in [2.45, 2.75) is 38.1 Å². The molecule has 0 amide bonds. The maximum absolute atomic E-state index is 12.5. The zero-order valence-electron chi connectivity index (χ0n) is 12.2. The van der Waals surface area contributed by atoms with Gasteiger partial charge in [0.2, 0.25) is 10.0 Å². The molecule has 19 heavy (non-hydrogen) atoms. The van der Waals surface area contributed by atoms with Gasteiger partial charge in [0.05, 0.1) is 4.90 Å². The van der Waals surface area contributed by atoms with Crippen molar-refractivity contribution in [3.05, 3.63) is 29.3 Å². The van der Waals surface area contributed by atoms with E-state index in [-0.39, 0.29) is 0 Å². The second-order valence-electron chi connectivity index (χ2n) is 4.75. The summed E-state index contributed by atoms with van der Waals surface area (Å²) in [7, 11) is 0.126. The Balaban J connectivity index is 3.11. The molecule has 0 saturated heterocycles. The molecule has 0 aliphatic carbocycles. The summed E-state index contributed by atoms with van der Waals surface area (Å²) in [5.41, 5.74) is 1.85. The fourth-order valence-corrected chi connectivity index (χ4v) is 3.46. The van der Waals surface area contributed by atoms with E-state index in [4.69, 9.17) is 0 Å². The largest absolute Gasteiger partial charge is 0.316 e. The van der Waals surface area contributed by atoms with Crippen molar-refractivity contribution >= 4 is 10.0 Å². The number of nitrogens with zero attached hydrogens (tertiary/aromatic N) is 1. The lowest BCUT2D eigenvalue weighted by molar-refractivity contribution is 0.459. The first-order chi connectivity index (χ1) is 8.95. The predicted octanol–water partition coefficient (Wildman–Crippen LogP) is 2.14. The molecule has 1 rings (SSSR count). The minimum Gasteiger partial charge on any atom is -0.316 e. The number of rotatable bonds is 7. The van der Waals surface area contributed by atoms with E-state index in [2.05, 4.69) is 12.2 Å². The number of benzene rings is 1. The van der Waals surface area contributed by atoms with Crippen molar-refractivity contribution in [3.63, 3.8) is 0 Å². The van der Waals surface area contributed by atoms with Gasteiger partial charge in [-0.3, -0.25) is 0 Å². The van der Waals surface area contributed by atoms with Crippen molar-refractivity contribution in [2.24, 2.45) is 0 Å². The highest BCUT2D eigenvalue weighted by Gasteiger charge is 2.22. The van der Waals surface area contributed by atoms with Crippen LogP contribution in [-0.4, -0.2) is 33.4 Å². The highest BCUT2D eigenvalue weighted by atomic mass is 32.2. The SMILES string of the molecule is CCCCN(C)S(=O)(=O)c1cccc(CNC)c1C. The van der Waals surface area contributed by atoms with Crippen molar-refractivity contribution in [3.8, 4) is 0 Å². The lowest BCUT2D eigenvalue weighted by atomic mass is 10.1. The van der Waals surface area contributed by atoms with Crippen molar-refractivity contribution in [1.82, 2.24) is 9.62 Å². The Bertz CT molecular complexity index is 512. The number of hydrogen-bond donors (Lipinski definition) is 1. The summed E-state index contributed by atoms with van der Waals surface area (Å²) in [5.74, 6) is 0. The number of nitrogens with one attached hydrogen (secondary N) is 1. The second kappa shape index (κ2) is 7.03. The molecule has 4 nitrogen and oxygen atoms in total. The van der Waals surface area contributed by atoms with Crippen LogP contribution in [0, 0.1) is 6.92 Å². The summed E-state index contributed by atoms with van der Waals surface area (Å²) in [6, 6.07) is 5.45. The maximum atomic E-state index is 12.5. The maximum Gasteiger partial charge on any atom is 0.243 e. The van der Waals surface area contributed by atoms with Crippen LogP contribution in [0.5, 0.6) is 0 Å². The predicted molar refractivity (Wildman–Crippen MR) is 78.7 cm³/mol. The van der Waals surface area contributed by atoms with Crippen LogP contribution >= 0.6 is 0 Å². The summed E-state index contributed by atoms with van der Waals surface area (Å²) in [6.07, 6.45) is 1.86. The summed E-state index contributed by atoms with van der Waals surface area (Å²) < 4.78 is 26.5. The third kappa shape index (κ3) is 3.78. The van der Waals surface area contributed by atoms with E-state index in [1.54, 1.807) is 19.2 Å². The van der Waals surface area contributed by atoms with Crippen LogP contribution in [0.4, 0.5) is 0 Å². The van der Waals surface area contributed by atoms with Gasteiger partial charge in [-0.05, 0) is 37.6 Å². The fourth-order valence-electron chi connectivity index (χ4n) is 1.99. The third-order valence-electron chi connectivity index (χ3n) is 3.28. The summed E-state index contributed by atoms with van der Waals surface area (Å²) >= 11 is 0. The number of hydrogen-bond acceptors (Lipinski definition) is 3. The van der Waals surface area contributed by atoms with Crippen molar-refractivity contribution in [2.75, 3.05) is 20.6 Å².